The van der Waals surface area contributed by atoms with Crippen molar-refractivity contribution in [3.05, 3.63) is 16.7 Å². The first kappa shape index (κ1) is 7.11. The van der Waals surface area contributed by atoms with Gasteiger partial charge >= 0.3 is 0 Å². The highest BCUT2D eigenvalue weighted by atomic mass is 35.5. The Morgan fingerprint density at radius 3 is 3.17 bits per heavy atom. The van der Waals surface area contributed by atoms with Crippen molar-refractivity contribution in [2.45, 2.75) is 0 Å². The summed E-state index contributed by atoms with van der Waals surface area (Å²) in [6.45, 7) is 0. The number of aromatic amines is 1. The number of rotatable bonds is 0. The molecule has 0 bridgehead atoms. The molecule has 62 valence electrons. The van der Waals surface area contributed by atoms with Crippen LogP contribution in [0.1, 0.15) is 0 Å². The van der Waals surface area contributed by atoms with Crippen LogP contribution in [-0.2, 0) is 0 Å². The number of nitrogens with zero attached hydrogens (tertiary/aromatic N) is 3. The van der Waals surface area contributed by atoms with Gasteiger partial charge in [-0.25, -0.2) is 4.98 Å². The van der Waals surface area contributed by atoms with Crippen LogP contribution >= 0.6 is 11.8 Å². The number of anilines is 1. The van der Waals surface area contributed by atoms with Gasteiger partial charge in [0.05, 0.1) is 6.33 Å². The zero-order chi connectivity index (χ0) is 8.72. The molecular formula is C5H4ClN5O. The highest BCUT2D eigenvalue weighted by molar-refractivity contribution is 6.16. The van der Waals surface area contributed by atoms with Crippen molar-refractivity contribution in [1.29, 1.82) is 0 Å². The summed E-state index contributed by atoms with van der Waals surface area (Å²) >= 11 is 5.48. The van der Waals surface area contributed by atoms with Crippen LogP contribution in [0.4, 0.5) is 5.95 Å². The molecule has 0 aliphatic carbocycles. The minimum atomic E-state index is -0.448. The van der Waals surface area contributed by atoms with E-state index >= 15 is 0 Å². The number of H-pyrrole nitrogens is 1. The van der Waals surface area contributed by atoms with Gasteiger partial charge in [-0.05, 0) is 0 Å². The van der Waals surface area contributed by atoms with Gasteiger partial charge in [0.2, 0.25) is 5.95 Å². The van der Waals surface area contributed by atoms with E-state index in [0.29, 0.717) is 0 Å². The number of hydrogen-bond donors (Lipinski definition) is 2. The second-order valence-corrected chi connectivity index (χ2v) is 2.50. The molecule has 7 heteroatoms. The number of nitrogen functional groups attached to an aromatic ring is 1. The van der Waals surface area contributed by atoms with E-state index in [1.807, 2.05) is 0 Å². The fraction of sp³-hybridized carbons (Fsp3) is 0. The fourth-order valence-corrected chi connectivity index (χ4v) is 1.01. The molecule has 0 radical (unpaired) electrons. The lowest BCUT2D eigenvalue weighted by molar-refractivity contribution is 1.09. The van der Waals surface area contributed by atoms with Gasteiger partial charge in [0, 0.05) is 11.8 Å². The maximum Gasteiger partial charge on any atom is 0.295 e. The molecule has 0 aromatic carbocycles. The zero-order valence-electron chi connectivity index (χ0n) is 5.78. The quantitative estimate of drug-likeness (QED) is 0.590. The Hall–Kier alpha value is -1.56. The summed E-state index contributed by atoms with van der Waals surface area (Å²) in [5.41, 5.74) is 5.39. The minimum absolute atomic E-state index is 0.0683. The Bertz CT molecular complexity index is 486. The van der Waals surface area contributed by atoms with Gasteiger partial charge in [-0.1, -0.05) is 0 Å². The first-order chi connectivity index (χ1) is 5.70. The van der Waals surface area contributed by atoms with E-state index in [2.05, 4.69) is 15.0 Å². The maximum atomic E-state index is 11.2. The molecule has 0 aliphatic heterocycles. The summed E-state index contributed by atoms with van der Waals surface area (Å²) in [7, 11) is 0. The standard InChI is InChI=1S/C5H4ClN5O/c6-11-4(12)2-3(9-1-8-2)10-5(11)7/h1H,(H2,7,10)(H,8,9). The van der Waals surface area contributed by atoms with E-state index in [9.17, 15) is 4.79 Å². The molecule has 0 saturated carbocycles. The summed E-state index contributed by atoms with van der Waals surface area (Å²) in [5.74, 6) is -0.0683. The van der Waals surface area contributed by atoms with Crippen LogP contribution in [0.25, 0.3) is 11.2 Å². The number of nitrogens with two attached hydrogens (primary N) is 1. The Labute approximate surface area is 71.1 Å². The number of hydrogen-bond acceptors (Lipinski definition) is 4. The van der Waals surface area contributed by atoms with Crippen LogP contribution in [0.2, 0.25) is 0 Å². The van der Waals surface area contributed by atoms with Gasteiger partial charge in [0.15, 0.2) is 11.2 Å². The Morgan fingerprint density at radius 2 is 2.42 bits per heavy atom. The molecule has 0 amide bonds. The second-order valence-electron chi connectivity index (χ2n) is 2.16. The third kappa shape index (κ3) is 0.782. The minimum Gasteiger partial charge on any atom is -0.368 e. The molecule has 3 N–H and O–H groups in total. The van der Waals surface area contributed by atoms with Crippen LogP contribution in [0.5, 0.6) is 0 Å². The number of nitrogens with one attached hydrogen (secondary N) is 1. The molecule has 2 rings (SSSR count). The number of fused-ring (bicyclic) bond motifs is 1. The first-order valence-corrected chi connectivity index (χ1v) is 3.41. The van der Waals surface area contributed by atoms with Gasteiger partial charge in [-0.3, -0.25) is 4.79 Å². The summed E-state index contributed by atoms with van der Waals surface area (Å²) < 4.78 is 0.737. The van der Waals surface area contributed by atoms with Crippen molar-refractivity contribution >= 4 is 28.9 Å². The van der Waals surface area contributed by atoms with E-state index in [0.717, 1.165) is 4.09 Å². The van der Waals surface area contributed by atoms with Gasteiger partial charge in [0.25, 0.3) is 5.56 Å². The van der Waals surface area contributed by atoms with Crippen molar-refractivity contribution < 1.29 is 0 Å². The van der Waals surface area contributed by atoms with E-state index in [-0.39, 0.29) is 17.1 Å². The molecule has 0 unspecified atom stereocenters. The van der Waals surface area contributed by atoms with Crippen molar-refractivity contribution in [3.63, 3.8) is 0 Å². The molecule has 0 saturated heterocycles. The molecule has 0 spiro atoms. The van der Waals surface area contributed by atoms with Crippen LogP contribution in [0, 0.1) is 0 Å². The highest BCUT2D eigenvalue weighted by Gasteiger charge is 2.07. The molecule has 2 aromatic heterocycles. The van der Waals surface area contributed by atoms with Crippen molar-refractivity contribution in [2.75, 3.05) is 5.73 Å². The average Bonchev–Trinajstić information content (AvgIpc) is 2.48. The van der Waals surface area contributed by atoms with Crippen LogP contribution in [-0.4, -0.2) is 19.0 Å². The summed E-state index contributed by atoms with van der Waals surface area (Å²) in [6.07, 6.45) is 1.36. The first-order valence-electron chi connectivity index (χ1n) is 3.08. The normalized spacial score (nSPS) is 10.8. The zero-order valence-corrected chi connectivity index (χ0v) is 6.54. The van der Waals surface area contributed by atoms with Crippen LogP contribution in [0.15, 0.2) is 11.1 Å². The van der Waals surface area contributed by atoms with Crippen LogP contribution in [0.3, 0.4) is 0 Å². The molecular weight excluding hydrogens is 182 g/mol. The van der Waals surface area contributed by atoms with Crippen LogP contribution < -0.4 is 11.3 Å². The Kier molecular flexibility index (Phi) is 1.31. The van der Waals surface area contributed by atoms with E-state index < -0.39 is 5.56 Å². The smallest absolute Gasteiger partial charge is 0.295 e. The predicted octanol–water partition coefficient (Wildman–Crippen LogP) is -0.296. The third-order valence-corrected chi connectivity index (χ3v) is 1.76. The summed E-state index contributed by atoms with van der Waals surface area (Å²) in [4.78, 5) is 21.4. The fourth-order valence-electron chi connectivity index (χ4n) is 0.884. The van der Waals surface area contributed by atoms with Crippen molar-refractivity contribution in [3.8, 4) is 0 Å². The van der Waals surface area contributed by atoms with Gasteiger partial charge < -0.3 is 10.7 Å². The van der Waals surface area contributed by atoms with Gasteiger partial charge in [0.1, 0.15) is 0 Å². The van der Waals surface area contributed by atoms with Crippen molar-refractivity contribution in [2.24, 2.45) is 0 Å². The maximum absolute atomic E-state index is 11.2. The van der Waals surface area contributed by atoms with E-state index in [1.54, 1.807) is 0 Å². The lowest BCUT2D eigenvalue weighted by atomic mass is 10.5. The molecule has 12 heavy (non-hydrogen) atoms. The highest BCUT2D eigenvalue weighted by Crippen LogP contribution is 2.03. The number of halogens is 1. The molecule has 0 aliphatic rings. The number of aromatic nitrogens is 4. The van der Waals surface area contributed by atoms with Crippen molar-refractivity contribution in [1.82, 2.24) is 19.0 Å². The average molecular weight is 186 g/mol. The molecule has 2 heterocycles. The third-order valence-electron chi connectivity index (χ3n) is 1.43. The molecule has 0 fully saturated rings. The lowest BCUT2D eigenvalue weighted by Crippen LogP contribution is -2.17. The Morgan fingerprint density at radius 1 is 1.67 bits per heavy atom. The summed E-state index contributed by atoms with van der Waals surface area (Å²) in [5, 5.41) is 0. The largest absolute Gasteiger partial charge is 0.368 e. The molecule has 6 nitrogen and oxygen atoms in total. The molecule has 0 atom stereocenters. The topological polar surface area (TPSA) is 89.6 Å². The number of imidazole rings is 1. The SMILES string of the molecule is Nc1nc2nc[nH]c2c(=O)n1Cl. The van der Waals surface area contributed by atoms with Gasteiger partial charge in [-0.2, -0.15) is 9.07 Å². The predicted molar refractivity (Wildman–Crippen MR) is 43.8 cm³/mol. The Balaban J connectivity index is 3.05. The monoisotopic (exact) mass is 185 g/mol. The second kappa shape index (κ2) is 2.21. The van der Waals surface area contributed by atoms with E-state index in [4.69, 9.17) is 17.5 Å². The van der Waals surface area contributed by atoms with Gasteiger partial charge in [-0.15, -0.1) is 0 Å². The molecule has 2 aromatic rings. The lowest BCUT2D eigenvalue weighted by Gasteiger charge is -1.96. The summed E-state index contributed by atoms with van der Waals surface area (Å²) in [6, 6.07) is 0. The van der Waals surface area contributed by atoms with E-state index in [1.165, 1.54) is 6.33 Å².